The molecule has 1 aliphatic rings. The zero-order valence-corrected chi connectivity index (χ0v) is 15.8. The number of H-pyrrole nitrogens is 1. The van der Waals surface area contributed by atoms with E-state index in [1.165, 1.54) is 28.3 Å². The van der Waals surface area contributed by atoms with E-state index in [4.69, 9.17) is 0 Å². The number of nitrogens with zero attached hydrogens (tertiary/aromatic N) is 1. The topological polar surface area (TPSA) is 57.2 Å². The van der Waals surface area contributed by atoms with Crippen LogP contribution in [-0.4, -0.2) is 27.6 Å². The molecule has 1 amide bonds. The number of amides is 1. The van der Waals surface area contributed by atoms with E-state index in [-0.39, 0.29) is 5.91 Å². The van der Waals surface area contributed by atoms with Gasteiger partial charge in [-0.2, -0.15) is 0 Å². The molecule has 0 spiro atoms. The minimum Gasteiger partial charge on any atom is -0.361 e. The molecular weight excluding hydrogens is 362 g/mol. The Labute approximate surface area is 160 Å². The second-order valence-corrected chi connectivity index (χ2v) is 8.23. The van der Waals surface area contributed by atoms with E-state index in [1.807, 2.05) is 36.5 Å². The molecule has 4 rings (SSSR count). The van der Waals surface area contributed by atoms with Crippen molar-refractivity contribution in [2.75, 3.05) is 12.3 Å². The molecule has 1 aliphatic heterocycles. The monoisotopic (exact) mass is 381 g/mol. The number of thioether (sulfide) groups is 2. The minimum absolute atomic E-state index is 0.0528. The van der Waals surface area contributed by atoms with E-state index in [1.54, 1.807) is 11.8 Å². The predicted molar refractivity (Wildman–Crippen MR) is 112 cm³/mol. The molecule has 26 heavy (non-hydrogen) atoms. The van der Waals surface area contributed by atoms with E-state index in [0.29, 0.717) is 12.3 Å². The summed E-state index contributed by atoms with van der Waals surface area (Å²) in [6.45, 7) is 0.643. The average Bonchev–Trinajstić information content (AvgIpc) is 3.09. The summed E-state index contributed by atoms with van der Waals surface area (Å²) in [7, 11) is 0. The van der Waals surface area contributed by atoms with Crippen molar-refractivity contribution in [3.8, 4) is 0 Å². The molecule has 0 fully saturated rings. The van der Waals surface area contributed by atoms with E-state index in [9.17, 15) is 4.79 Å². The molecule has 2 aromatic carbocycles. The van der Waals surface area contributed by atoms with Gasteiger partial charge in [0.2, 0.25) is 5.91 Å². The first kappa shape index (κ1) is 17.2. The van der Waals surface area contributed by atoms with Crippen molar-refractivity contribution >= 4 is 50.4 Å². The van der Waals surface area contributed by atoms with Gasteiger partial charge in [0.25, 0.3) is 0 Å². The minimum atomic E-state index is 0.0528. The zero-order valence-electron chi connectivity index (χ0n) is 14.2. The van der Waals surface area contributed by atoms with Crippen LogP contribution in [0.5, 0.6) is 0 Å². The van der Waals surface area contributed by atoms with Gasteiger partial charge in [0.15, 0.2) is 0 Å². The van der Waals surface area contributed by atoms with Gasteiger partial charge in [0.05, 0.1) is 11.4 Å². The maximum Gasteiger partial charge on any atom is 0.230 e. The first-order valence-corrected chi connectivity index (χ1v) is 10.5. The lowest BCUT2D eigenvalue weighted by Gasteiger charge is -2.14. The van der Waals surface area contributed by atoms with Crippen LogP contribution in [0.1, 0.15) is 11.1 Å². The molecule has 4 nitrogen and oxygen atoms in total. The number of aromatic amines is 1. The smallest absolute Gasteiger partial charge is 0.230 e. The van der Waals surface area contributed by atoms with Crippen LogP contribution in [0, 0.1) is 0 Å². The van der Waals surface area contributed by atoms with Gasteiger partial charge in [-0.15, -0.1) is 0 Å². The lowest BCUT2D eigenvalue weighted by atomic mass is 10.1. The SMILES string of the molecule is O=C(CSC1=Nc2ccccc2CS1)NCCc1c[nH]c2ccccc12. The lowest BCUT2D eigenvalue weighted by Crippen LogP contribution is -2.27. The lowest BCUT2D eigenvalue weighted by molar-refractivity contribution is -0.118. The average molecular weight is 382 g/mol. The highest BCUT2D eigenvalue weighted by Crippen LogP contribution is 2.34. The number of aromatic nitrogens is 1. The van der Waals surface area contributed by atoms with Gasteiger partial charge in [-0.25, -0.2) is 4.99 Å². The molecule has 0 atom stereocenters. The number of rotatable bonds is 5. The van der Waals surface area contributed by atoms with Crippen LogP contribution in [0.2, 0.25) is 0 Å². The molecular formula is C20H19N3OS2. The third-order valence-corrected chi connectivity index (χ3v) is 6.52. The van der Waals surface area contributed by atoms with E-state index in [0.717, 1.165) is 27.8 Å². The Hall–Kier alpha value is -2.18. The third-order valence-electron chi connectivity index (χ3n) is 4.27. The van der Waals surface area contributed by atoms with E-state index in [2.05, 4.69) is 33.5 Å². The van der Waals surface area contributed by atoms with Crippen LogP contribution in [0.25, 0.3) is 10.9 Å². The molecule has 0 aliphatic carbocycles. The molecule has 6 heteroatoms. The maximum atomic E-state index is 12.1. The largest absolute Gasteiger partial charge is 0.361 e. The van der Waals surface area contributed by atoms with Crippen molar-refractivity contribution in [1.82, 2.24) is 10.3 Å². The number of hydrogen-bond acceptors (Lipinski definition) is 4. The van der Waals surface area contributed by atoms with Crippen molar-refractivity contribution < 1.29 is 4.79 Å². The summed E-state index contributed by atoms with van der Waals surface area (Å²) in [6, 6.07) is 16.4. The molecule has 0 saturated carbocycles. The van der Waals surface area contributed by atoms with Crippen LogP contribution < -0.4 is 5.32 Å². The van der Waals surface area contributed by atoms with Crippen molar-refractivity contribution in [3.05, 3.63) is 65.9 Å². The number of nitrogens with one attached hydrogen (secondary N) is 2. The van der Waals surface area contributed by atoms with Gasteiger partial charge < -0.3 is 10.3 Å². The summed E-state index contributed by atoms with van der Waals surface area (Å²) in [5.74, 6) is 1.38. The Morgan fingerprint density at radius 3 is 3.00 bits per heavy atom. The number of carbonyl (C=O) groups excluding carboxylic acids is 1. The third kappa shape index (κ3) is 3.97. The summed E-state index contributed by atoms with van der Waals surface area (Å²) < 4.78 is 0.968. The summed E-state index contributed by atoms with van der Waals surface area (Å²) in [5.41, 5.74) is 4.65. The van der Waals surface area contributed by atoms with Crippen LogP contribution in [0.4, 0.5) is 5.69 Å². The molecule has 2 heterocycles. The summed E-state index contributed by atoms with van der Waals surface area (Å²) in [5, 5.41) is 4.23. The van der Waals surface area contributed by atoms with Gasteiger partial charge in [0.1, 0.15) is 4.38 Å². The van der Waals surface area contributed by atoms with Crippen molar-refractivity contribution in [1.29, 1.82) is 0 Å². The molecule has 0 saturated heterocycles. The first-order chi connectivity index (χ1) is 12.8. The van der Waals surface area contributed by atoms with Gasteiger partial charge in [-0.3, -0.25) is 4.79 Å². The Morgan fingerprint density at radius 1 is 1.19 bits per heavy atom. The van der Waals surface area contributed by atoms with Crippen LogP contribution in [-0.2, 0) is 17.0 Å². The number of aliphatic imine (C=N–C) groups is 1. The first-order valence-electron chi connectivity index (χ1n) is 8.53. The van der Waals surface area contributed by atoms with E-state index < -0.39 is 0 Å². The van der Waals surface area contributed by atoms with Crippen LogP contribution >= 0.6 is 23.5 Å². The van der Waals surface area contributed by atoms with Gasteiger partial charge in [0, 0.05) is 29.4 Å². The number of benzene rings is 2. The van der Waals surface area contributed by atoms with Gasteiger partial charge in [-0.05, 0) is 29.7 Å². The van der Waals surface area contributed by atoms with Crippen molar-refractivity contribution in [2.45, 2.75) is 12.2 Å². The highest BCUT2D eigenvalue weighted by molar-refractivity contribution is 8.38. The molecule has 0 radical (unpaired) electrons. The fourth-order valence-electron chi connectivity index (χ4n) is 2.94. The highest BCUT2D eigenvalue weighted by Gasteiger charge is 2.14. The number of para-hydroxylation sites is 2. The molecule has 1 aromatic heterocycles. The Bertz CT molecular complexity index is 964. The Balaban J connectivity index is 1.25. The van der Waals surface area contributed by atoms with Crippen LogP contribution in [0.15, 0.2) is 59.7 Å². The fourth-order valence-corrected chi connectivity index (χ4v) is 4.83. The van der Waals surface area contributed by atoms with Gasteiger partial charge in [-0.1, -0.05) is 59.9 Å². The molecule has 3 aromatic rings. The number of fused-ring (bicyclic) bond motifs is 2. The van der Waals surface area contributed by atoms with Crippen LogP contribution in [0.3, 0.4) is 0 Å². The number of carbonyl (C=O) groups is 1. The normalized spacial score (nSPS) is 13.3. The Morgan fingerprint density at radius 2 is 2.04 bits per heavy atom. The maximum absolute atomic E-state index is 12.1. The second-order valence-electron chi connectivity index (χ2n) is 6.04. The standard InChI is InChI=1S/C20H19N3OS2/c24-19(13-26-20-23-17-7-3-1-5-15(17)12-25-20)21-10-9-14-11-22-18-8-4-2-6-16(14)18/h1-8,11,22H,9-10,12-13H2,(H,21,24). The Kier molecular flexibility index (Phi) is 5.32. The zero-order chi connectivity index (χ0) is 17.8. The summed E-state index contributed by atoms with van der Waals surface area (Å²) in [4.78, 5) is 20.0. The molecule has 2 N–H and O–H groups in total. The summed E-state index contributed by atoms with van der Waals surface area (Å²) in [6.07, 6.45) is 2.85. The quantitative estimate of drug-likeness (QED) is 0.684. The highest BCUT2D eigenvalue weighted by atomic mass is 32.2. The predicted octanol–water partition coefficient (Wildman–Crippen LogP) is 4.49. The number of hydrogen-bond donors (Lipinski definition) is 2. The second kappa shape index (κ2) is 8.01. The van der Waals surface area contributed by atoms with Crippen molar-refractivity contribution in [2.24, 2.45) is 4.99 Å². The van der Waals surface area contributed by atoms with E-state index >= 15 is 0 Å². The molecule has 0 bridgehead atoms. The molecule has 132 valence electrons. The molecule has 0 unspecified atom stereocenters. The van der Waals surface area contributed by atoms with Crippen molar-refractivity contribution in [3.63, 3.8) is 0 Å². The summed E-state index contributed by atoms with van der Waals surface area (Å²) >= 11 is 3.21. The fraction of sp³-hybridized carbons (Fsp3) is 0.200. The van der Waals surface area contributed by atoms with Gasteiger partial charge >= 0.3 is 0 Å².